The molecule has 1 aromatic heterocycles. The van der Waals surface area contributed by atoms with Gasteiger partial charge < -0.3 is 5.32 Å². The molecule has 1 aromatic rings. The first-order valence-electron chi connectivity index (χ1n) is 3.47. The van der Waals surface area contributed by atoms with Crippen LogP contribution in [0.25, 0.3) is 0 Å². The van der Waals surface area contributed by atoms with E-state index in [1.54, 1.807) is 25.4 Å². The molecule has 0 aliphatic carbocycles. The van der Waals surface area contributed by atoms with Crippen molar-refractivity contribution in [2.75, 3.05) is 12.4 Å². The van der Waals surface area contributed by atoms with Gasteiger partial charge in [-0.2, -0.15) is 0 Å². The van der Waals surface area contributed by atoms with Crippen molar-refractivity contribution in [3.63, 3.8) is 0 Å². The summed E-state index contributed by atoms with van der Waals surface area (Å²) in [6.45, 7) is 0. The summed E-state index contributed by atoms with van der Waals surface area (Å²) in [5.74, 6) is 0.0132. The van der Waals surface area contributed by atoms with E-state index in [2.05, 4.69) is 10.3 Å². The monoisotopic (exact) mass is 186 g/mol. The standard InChI is InChI=1S/C7H10N2O2S/c1-8-6-2-3-7(9-4-6)5-12(10)11/h2-4,8,12H,5H2,1H3. The van der Waals surface area contributed by atoms with E-state index in [0.717, 1.165) is 5.69 Å². The molecular formula is C7H10N2O2S. The second kappa shape index (κ2) is 4.06. The normalized spacial score (nSPS) is 10.2. The summed E-state index contributed by atoms with van der Waals surface area (Å²) in [5.41, 5.74) is 1.45. The van der Waals surface area contributed by atoms with Crippen LogP contribution in [0.4, 0.5) is 5.69 Å². The topological polar surface area (TPSA) is 59.1 Å². The Bertz CT molecular complexity index is 311. The molecule has 0 saturated carbocycles. The highest BCUT2D eigenvalue weighted by atomic mass is 32.2. The van der Waals surface area contributed by atoms with E-state index in [4.69, 9.17) is 0 Å². The molecule has 0 radical (unpaired) electrons. The van der Waals surface area contributed by atoms with Crippen molar-refractivity contribution in [3.05, 3.63) is 24.0 Å². The second-order valence-corrected chi connectivity index (χ2v) is 3.26. The molecular weight excluding hydrogens is 176 g/mol. The van der Waals surface area contributed by atoms with Crippen molar-refractivity contribution in [2.45, 2.75) is 5.75 Å². The summed E-state index contributed by atoms with van der Waals surface area (Å²) in [5, 5.41) is 2.89. The number of aromatic nitrogens is 1. The van der Waals surface area contributed by atoms with Crippen molar-refractivity contribution in [1.82, 2.24) is 4.98 Å². The van der Waals surface area contributed by atoms with Crippen LogP contribution < -0.4 is 5.32 Å². The minimum atomic E-state index is -2.37. The largest absolute Gasteiger partial charge is 0.387 e. The van der Waals surface area contributed by atoms with Gasteiger partial charge in [0.25, 0.3) is 0 Å². The Labute approximate surface area is 72.6 Å². The SMILES string of the molecule is CNc1ccc(C[SH](=O)=O)nc1. The summed E-state index contributed by atoms with van der Waals surface area (Å²) in [6.07, 6.45) is 1.61. The lowest BCUT2D eigenvalue weighted by Crippen LogP contribution is -1.93. The smallest absolute Gasteiger partial charge is 0.145 e. The number of thiol groups is 1. The number of hydrogen-bond acceptors (Lipinski definition) is 4. The maximum absolute atomic E-state index is 10.3. The van der Waals surface area contributed by atoms with Gasteiger partial charge in [0.05, 0.1) is 23.3 Å². The van der Waals surface area contributed by atoms with E-state index < -0.39 is 10.7 Å². The average molecular weight is 186 g/mol. The zero-order valence-corrected chi connectivity index (χ0v) is 7.54. The predicted octanol–water partition coefficient (Wildman–Crippen LogP) is 0.235. The van der Waals surface area contributed by atoms with Crippen molar-refractivity contribution in [2.24, 2.45) is 0 Å². The predicted molar refractivity (Wildman–Crippen MR) is 47.8 cm³/mol. The molecule has 0 amide bonds. The summed E-state index contributed by atoms with van der Waals surface area (Å²) in [6, 6.07) is 3.48. The average Bonchev–Trinajstić information content (AvgIpc) is 2.05. The lowest BCUT2D eigenvalue weighted by atomic mass is 10.3. The Hall–Kier alpha value is -1.10. The minimum Gasteiger partial charge on any atom is -0.387 e. The summed E-state index contributed by atoms with van der Waals surface area (Å²) < 4.78 is 20.6. The van der Waals surface area contributed by atoms with E-state index in [0.29, 0.717) is 5.69 Å². The molecule has 0 unspecified atom stereocenters. The molecule has 0 saturated heterocycles. The molecule has 66 valence electrons. The minimum absolute atomic E-state index is 0.0132. The van der Waals surface area contributed by atoms with Crippen molar-refractivity contribution < 1.29 is 8.42 Å². The molecule has 5 heteroatoms. The molecule has 0 bridgehead atoms. The van der Waals surface area contributed by atoms with Crippen LogP contribution in [0.2, 0.25) is 0 Å². The number of rotatable bonds is 3. The highest BCUT2D eigenvalue weighted by Gasteiger charge is 1.95. The quantitative estimate of drug-likeness (QED) is 0.664. The van der Waals surface area contributed by atoms with E-state index in [1.807, 2.05) is 0 Å². The van der Waals surface area contributed by atoms with Gasteiger partial charge in [0.15, 0.2) is 0 Å². The number of pyridine rings is 1. The van der Waals surface area contributed by atoms with Gasteiger partial charge in [0, 0.05) is 7.05 Å². The van der Waals surface area contributed by atoms with Crippen LogP contribution in [0.5, 0.6) is 0 Å². The molecule has 1 N–H and O–H groups in total. The Kier molecular flexibility index (Phi) is 3.04. The lowest BCUT2D eigenvalue weighted by molar-refractivity contribution is 0.613. The first-order chi connectivity index (χ1) is 5.72. The van der Waals surface area contributed by atoms with E-state index in [1.165, 1.54) is 0 Å². The summed E-state index contributed by atoms with van der Waals surface area (Å²) >= 11 is 0. The summed E-state index contributed by atoms with van der Waals surface area (Å²) in [4.78, 5) is 3.94. The Balaban J connectivity index is 2.77. The van der Waals surface area contributed by atoms with Gasteiger partial charge in [-0.25, -0.2) is 8.42 Å². The van der Waals surface area contributed by atoms with Gasteiger partial charge in [-0.15, -0.1) is 0 Å². The zero-order chi connectivity index (χ0) is 8.97. The Morgan fingerprint density at radius 1 is 1.50 bits per heavy atom. The third-order valence-corrected chi connectivity index (χ3v) is 1.99. The van der Waals surface area contributed by atoms with E-state index in [-0.39, 0.29) is 5.75 Å². The molecule has 0 spiro atoms. The van der Waals surface area contributed by atoms with Crippen LogP contribution in [-0.2, 0) is 16.5 Å². The van der Waals surface area contributed by atoms with Crippen LogP contribution >= 0.6 is 0 Å². The van der Waals surface area contributed by atoms with E-state index in [9.17, 15) is 8.42 Å². The molecule has 1 rings (SSSR count). The zero-order valence-electron chi connectivity index (χ0n) is 6.65. The number of nitrogens with zero attached hydrogens (tertiary/aromatic N) is 1. The molecule has 4 nitrogen and oxygen atoms in total. The van der Waals surface area contributed by atoms with Crippen LogP contribution in [-0.4, -0.2) is 20.4 Å². The molecule has 0 aliphatic heterocycles. The maximum atomic E-state index is 10.3. The van der Waals surface area contributed by atoms with Crippen molar-refractivity contribution >= 4 is 16.4 Å². The second-order valence-electron chi connectivity index (χ2n) is 2.28. The fourth-order valence-corrected chi connectivity index (χ4v) is 1.25. The first kappa shape index (κ1) is 8.99. The fourth-order valence-electron chi connectivity index (χ4n) is 0.798. The molecule has 0 aromatic carbocycles. The third-order valence-electron chi connectivity index (χ3n) is 1.40. The van der Waals surface area contributed by atoms with Gasteiger partial charge in [-0.05, 0) is 12.1 Å². The number of anilines is 1. The summed E-state index contributed by atoms with van der Waals surface area (Å²) in [7, 11) is -0.591. The van der Waals surface area contributed by atoms with Gasteiger partial charge in [-0.3, -0.25) is 4.98 Å². The maximum Gasteiger partial charge on any atom is 0.145 e. The van der Waals surface area contributed by atoms with Crippen molar-refractivity contribution in [3.8, 4) is 0 Å². The van der Waals surface area contributed by atoms with Gasteiger partial charge in [-0.1, -0.05) is 0 Å². The van der Waals surface area contributed by atoms with Gasteiger partial charge >= 0.3 is 0 Å². The van der Waals surface area contributed by atoms with Crippen molar-refractivity contribution in [1.29, 1.82) is 0 Å². The van der Waals surface area contributed by atoms with Crippen LogP contribution in [0.15, 0.2) is 18.3 Å². The third kappa shape index (κ3) is 2.50. The fraction of sp³-hybridized carbons (Fsp3) is 0.286. The molecule has 0 aliphatic rings. The van der Waals surface area contributed by atoms with Crippen LogP contribution in [0.3, 0.4) is 0 Å². The Morgan fingerprint density at radius 3 is 2.67 bits per heavy atom. The lowest BCUT2D eigenvalue weighted by Gasteiger charge is -1.98. The van der Waals surface area contributed by atoms with Gasteiger partial charge in [0.2, 0.25) is 0 Å². The van der Waals surface area contributed by atoms with Crippen LogP contribution in [0.1, 0.15) is 5.69 Å². The molecule has 1 heterocycles. The highest BCUT2D eigenvalue weighted by Crippen LogP contribution is 2.04. The molecule has 12 heavy (non-hydrogen) atoms. The van der Waals surface area contributed by atoms with Crippen LogP contribution in [0, 0.1) is 0 Å². The van der Waals surface area contributed by atoms with E-state index >= 15 is 0 Å². The molecule has 0 atom stereocenters. The molecule has 0 fully saturated rings. The number of hydrogen-bond donors (Lipinski definition) is 2. The Morgan fingerprint density at radius 2 is 2.25 bits per heavy atom. The highest BCUT2D eigenvalue weighted by molar-refractivity contribution is 7.71. The van der Waals surface area contributed by atoms with Gasteiger partial charge in [0.1, 0.15) is 10.7 Å². The first-order valence-corrected chi connectivity index (χ1v) is 4.83. The number of nitrogens with one attached hydrogen (secondary N) is 1.